The van der Waals surface area contributed by atoms with Gasteiger partial charge in [0.05, 0.1) is 0 Å². The summed E-state index contributed by atoms with van der Waals surface area (Å²) in [5.41, 5.74) is 0. The third kappa shape index (κ3) is 3.02. The average molecular weight is 182 g/mol. The van der Waals surface area contributed by atoms with Crippen LogP contribution >= 0.6 is 0 Å². The van der Waals surface area contributed by atoms with Crippen molar-refractivity contribution in [2.24, 2.45) is 5.92 Å². The molecule has 1 heterocycles. The van der Waals surface area contributed by atoms with Crippen LogP contribution in [0.3, 0.4) is 0 Å². The Kier molecular flexibility index (Phi) is 3.01. The third-order valence-electron chi connectivity index (χ3n) is 2.09. The molecule has 1 rings (SSSR count). The second kappa shape index (κ2) is 3.66. The normalized spacial score (nSPS) is 26.5. The first-order chi connectivity index (χ1) is 5.51. The molecule has 0 spiro atoms. The molecule has 0 aliphatic carbocycles. The zero-order chi connectivity index (χ0) is 9.19. The zero-order valence-corrected chi connectivity index (χ0v) is 6.72. The molecule has 1 atom stereocenters. The molecule has 0 aromatic carbocycles. The second-order valence-corrected chi connectivity index (χ2v) is 3.31. The zero-order valence-electron chi connectivity index (χ0n) is 6.72. The number of hydrogen-bond donors (Lipinski definition) is 1. The summed E-state index contributed by atoms with van der Waals surface area (Å²) >= 11 is 0. The van der Waals surface area contributed by atoms with Crippen LogP contribution in [0.2, 0.25) is 0 Å². The molecule has 12 heavy (non-hydrogen) atoms. The second-order valence-electron chi connectivity index (χ2n) is 3.31. The molecule has 1 fully saturated rings. The topological polar surface area (TPSA) is 23.5 Å². The molecule has 72 valence electrons. The lowest BCUT2D eigenvalue weighted by atomic mass is 9.91. The van der Waals surface area contributed by atoms with E-state index in [0.717, 1.165) is 0 Å². The largest absolute Gasteiger partial charge is 0.492 e. The van der Waals surface area contributed by atoms with Gasteiger partial charge in [-0.25, -0.2) is 0 Å². The molecular formula is C6H12BF3NO-. The number of halogens is 3. The molecule has 0 amide bonds. The molecule has 0 bridgehead atoms. The molecule has 0 aromatic rings. The van der Waals surface area contributed by atoms with E-state index in [-0.39, 0.29) is 12.5 Å². The first kappa shape index (κ1) is 9.86. The van der Waals surface area contributed by atoms with Crippen molar-refractivity contribution in [3.05, 3.63) is 0 Å². The maximum Gasteiger partial charge on any atom is 0.492 e. The summed E-state index contributed by atoms with van der Waals surface area (Å²) in [6.45, 7) is -3.85. The van der Waals surface area contributed by atoms with Crippen molar-refractivity contribution in [2.75, 3.05) is 26.1 Å². The highest BCUT2D eigenvalue weighted by Crippen LogP contribution is 2.19. The molecule has 1 N–H and O–H groups in total. The van der Waals surface area contributed by atoms with Gasteiger partial charge in [0.1, 0.15) is 0 Å². The van der Waals surface area contributed by atoms with Crippen LogP contribution in [0, 0.1) is 5.92 Å². The van der Waals surface area contributed by atoms with E-state index in [1.165, 1.54) is 4.90 Å². The van der Waals surface area contributed by atoms with Crippen LogP contribution in [0.15, 0.2) is 0 Å². The van der Waals surface area contributed by atoms with Gasteiger partial charge in [0.25, 0.3) is 0 Å². The Hall–Kier alpha value is -0.225. The number of likely N-dealkylation sites (tertiary alicyclic amines) is 1. The Balaban J connectivity index is 2.28. The van der Waals surface area contributed by atoms with Crippen molar-refractivity contribution >= 4 is 6.98 Å². The van der Waals surface area contributed by atoms with Crippen molar-refractivity contribution in [3.63, 3.8) is 0 Å². The van der Waals surface area contributed by atoms with E-state index in [0.29, 0.717) is 19.5 Å². The van der Waals surface area contributed by atoms with Crippen molar-refractivity contribution in [1.29, 1.82) is 0 Å². The van der Waals surface area contributed by atoms with Crippen molar-refractivity contribution < 1.29 is 18.1 Å². The fraction of sp³-hybridized carbons (Fsp3) is 1.00. The number of nitrogens with zero attached hydrogens (tertiary/aromatic N) is 1. The van der Waals surface area contributed by atoms with Crippen molar-refractivity contribution in [2.45, 2.75) is 6.42 Å². The van der Waals surface area contributed by atoms with Crippen LogP contribution in [-0.2, 0) is 0 Å². The predicted molar refractivity (Wildman–Crippen MR) is 40.7 cm³/mol. The molecule has 6 heteroatoms. The minimum atomic E-state index is -4.70. The maximum atomic E-state index is 11.9. The molecule has 1 saturated heterocycles. The number of aliphatic hydroxyl groups excluding tert-OH is 1. The van der Waals surface area contributed by atoms with Gasteiger partial charge in [0, 0.05) is 13.2 Å². The molecule has 0 radical (unpaired) electrons. The Morgan fingerprint density at radius 3 is 2.50 bits per heavy atom. The van der Waals surface area contributed by atoms with Crippen LogP contribution in [0.5, 0.6) is 0 Å². The Morgan fingerprint density at radius 1 is 1.42 bits per heavy atom. The van der Waals surface area contributed by atoms with Crippen LogP contribution in [0.1, 0.15) is 6.42 Å². The summed E-state index contributed by atoms with van der Waals surface area (Å²) in [5, 5.41) is 8.68. The van der Waals surface area contributed by atoms with E-state index in [9.17, 15) is 12.9 Å². The van der Waals surface area contributed by atoms with E-state index in [1.54, 1.807) is 0 Å². The summed E-state index contributed by atoms with van der Waals surface area (Å²) < 4.78 is 35.7. The lowest BCUT2D eigenvalue weighted by Crippen LogP contribution is -2.36. The van der Waals surface area contributed by atoms with Gasteiger partial charge in [-0.1, -0.05) is 0 Å². The summed E-state index contributed by atoms with van der Waals surface area (Å²) in [6, 6.07) is 0. The smallest absolute Gasteiger partial charge is 0.448 e. The molecule has 1 unspecified atom stereocenters. The van der Waals surface area contributed by atoms with Crippen molar-refractivity contribution in [3.8, 4) is 0 Å². The van der Waals surface area contributed by atoms with E-state index in [1.807, 2.05) is 0 Å². The lowest BCUT2D eigenvalue weighted by Gasteiger charge is -2.22. The number of aliphatic hydroxyl groups is 1. The highest BCUT2D eigenvalue weighted by molar-refractivity contribution is 6.58. The average Bonchev–Trinajstić information content (AvgIpc) is 2.32. The van der Waals surface area contributed by atoms with Crippen LogP contribution in [0.4, 0.5) is 12.9 Å². The molecule has 1 aliphatic rings. The SMILES string of the molecule is OCC1CCN(C[B-](F)(F)F)C1. The quantitative estimate of drug-likeness (QED) is 0.649. The lowest BCUT2D eigenvalue weighted by molar-refractivity contribution is 0.223. The first-order valence-electron chi connectivity index (χ1n) is 4.05. The molecule has 1 aliphatic heterocycles. The molecule has 0 saturated carbocycles. The fourth-order valence-electron chi connectivity index (χ4n) is 1.52. The van der Waals surface area contributed by atoms with Crippen molar-refractivity contribution in [1.82, 2.24) is 4.90 Å². The summed E-state index contributed by atoms with van der Waals surface area (Å²) in [6.07, 6.45) is -0.0981. The van der Waals surface area contributed by atoms with Gasteiger partial charge in [0.15, 0.2) is 0 Å². The van der Waals surface area contributed by atoms with Gasteiger partial charge in [0.2, 0.25) is 0 Å². The summed E-state index contributed by atoms with van der Waals surface area (Å²) in [5.74, 6) is 0.0446. The Labute approximate surface area is 69.4 Å². The third-order valence-corrected chi connectivity index (χ3v) is 2.09. The van der Waals surface area contributed by atoms with Crippen LogP contribution < -0.4 is 0 Å². The molecule has 0 aromatic heterocycles. The maximum absolute atomic E-state index is 11.9. The first-order valence-corrected chi connectivity index (χ1v) is 4.05. The van der Waals surface area contributed by atoms with Crippen LogP contribution in [0.25, 0.3) is 0 Å². The minimum Gasteiger partial charge on any atom is -0.448 e. The standard InChI is InChI=1S/C6H12BF3NO/c8-7(9,10)5-11-2-1-6(3-11)4-12/h6,12H,1-5H2/q-1. The monoisotopic (exact) mass is 182 g/mol. The van der Waals surface area contributed by atoms with Crippen LogP contribution in [-0.4, -0.2) is 43.1 Å². The summed E-state index contributed by atoms with van der Waals surface area (Å²) in [7, 11) is 0. The van der Waals surface area contributed by atoms with Gasteiger partial charge >= 0.3 is 6.98 Å². The van der Waals surface area contributed by atoms with Gasteiger partial charge in [-0.3, -0.25) is 0 Å². The van der Waals surface area contributed by atoms with Gasteiger partial charge in [-0.2, -0.15) is 0 Å². The number of rotatable bonds is 3. The van der Waals surface area contributed by atoms with Gasteiger partial charge in [-0.05, 0) is 25.3 Å². The minimum absolute atomic E-state index is 0.00135. The highest BCUT2D eigenvalue weighted by atomic mass is 19.4. The van der Waals surface area contributed by atoms with E-state index >= 15 is 0 Å². The molecular weight excluding hydrogens is 170 g/mol. The number of hydrogen-bond acceptors (Lipinski definition) is 2. The molecule has 2 nitrogen and oxygen atoms in total. The van der Waals surface area contributed by atoms with Gasteiger partial charge in [-0.15, -0.1) is 0 Å². The highest BCUT2D eigenvalue weighted by Gasteiger charge is 2.30. The van der Waals surface area contributed by atoms with E-state index in [4.69, 9.17) is 5.11 Å². The van der Waals surface area contributed by atoms with E-state index in [2.05, 4.69) is 0 Å². The van der Waals surface area contributed by atoms with E-state index < -0.39 is 13.4 Å². The predicted octanol–water partition coefficient (Wildman–Crippen LogP) is 0.687. The summed E-state index contributed by atoms with van der Waals surface area (Å²) in [4.78, 5) is 1.36. The fourth-order valence-corrected chi connectivity index (χ4v) is 1.52. The van der Waals surface area contributed by atoms with Gasteiger partial charge < -0.3 is 23.0 Å². The Bertz CT molecular complexity index is 152. The Morgan fingerprint density at radius 2 is 2.08 bits per heavy atom.